The molecular formula is C21H61F3O. The molecule has 0 heterocycles. The van der Waals surface area contributed by atoms with Crippen LogP contribution in [0.25, 0.3) is 0 Å². The highest BCUT2D eigenvalue weighted by atomic mass is 19.3. The van der Waals surface area contributed by atoms with Crippen LogP contribution in [-0.4, -0.2) is 19.9 Å². The largest absolute Gasteiger partial charge is 0.378 e. The van der Waals surface area contributed by atoms with Gasteiger partial charge in [-0.15, -0.1) is 0 Å². The van der Waals surface area contributed by atoms with Gasteiger partial charge in [0.25, 0.3) is 0 Å². The maximum Gasteiger partial charge on any atom is 0.378 e. The normalized spacial score (nSPS) is 6.08. The first-order valence-corrected chi connectivity index (χ1v) is 5.48. The van der Waals surface area contributed by atoms with Crippen LogP contribution in [0.15, 0.2) is 12.2 Å². The van der Waals surface area contributed by atoms with Gasteiger partial charge < -0.3 is 4.74 Å². The third-order valence-electron chi connectivity index (χ3n) is 1.46. The van der Waals surface area contributed by atoms with Gasteiger partial charge in [0.15, 0.2) is 0 Å². The van der Waals surface area contributed by atoms with E-state index < -0.39 is 6.11 Å². The van der Waals surface area contributed by atoms with Crippen LogP contribution in [0.2, 0.25) is 0 Å². The Morgan fingerprint density at radius 2 is 1.00 bits per heavy atom. The number of alkyl halides is 3. The summed E-state index contributed by atoms with van der Waals surface area (Å²) in [6, 6.07) is 0. The van der Waals surface area contributed by atoms with Crippen LogP contribution in [0, 0.1) is 0 Å². The minimum absolute atomic E-state index is 0. The predicted molar refractivity (Wildman–Crippen MR) is 124 cm³/mol. The molecule has 0 spiro atoms. The molecule has 0 N–H and O–H groups in total. The van der Waals surface area contributed by atoms with E-state index >= 15 is 0 Å². The zero-order valence-corrected chi connectivity index (χ0v) is 11.1. The zero-order valence-electron chi connectivity index (χ0n) is 11.1. The van der Waals surface area contributed by atoms with Gasteiger partial charge in [0, 0.05) is 12.7 Å². The monoisotopic (exact) mass is 386 g/mol. The van der Waals surface area contributed by atoms with E-state index in [2.05, 4.69) is 25.2 Å². The van der Waals surface area contributed by atoms with E-state index in [0.717, 1.165) is 7.11 Å². The molecule has 0 amide bonds. The van der Waals surface area contributed by atoms with Gasteiger partial charge in [0.1, 0.15) is 0 Å². The molecule has 0 aliphatic rings. The lowest BCUT2D eigenvalue weighted by molar-refractivity contribution is -0.189. The van der Waals surface area contributed by atoms with Gasteiger partial charge in [-0.05, 0) is 13.8 Å². The summed E-state index contributed by atoms with van der Waals surface area (Å²) in [4.78, 5) is 0. The van der Waals surface area contributed by atoms with Crippen LogP contribution < -0.4 is 0 Å². The summed E-state index contributed by atoms with van der Waals surface area (Å²) in [5, 5.41) is 0. The van der Waals surface area contributed by atoms with E-state index in [9.17, 15) is 13.2 Å². The molecule has 1 nitrogen and oxygen atoms in total. The zero-order chi connectivity index (χ0) is 13.6. The average Bonchev–Trinajstić information content (AvgIpc) is 2.21. The summed E-state index contributed by atoms with van der Waals surface area (Å²) in [6.45, 7) is 9.87. The molecule has 0 saturated carbocycles. The van der Waals surface area contributed by atoms with Crippen molar-refractivity contribution in [2.24, 2.45) is 0 Å². The molecular weight excluding hydrogens is 325 g/mol. The van der Waals surface area contributed by atoms with Crippen LogP contribution in [0.1, 0.15) is 114 Å². The minimum atomic E-state index is -3.15. The summed E-state index contributed by atoms with van der Waals surface area (Å²) in [5.41, 5.74) is -0.278. The highest BCUT2D eigenvalue weighted by molar-refractivity contribution is 4.97. The van der Waals surface area contributed by atoms with E-state index in [4.69, 9.17) is 0 Å². The van der Waals surface area contributed by atoms with Gasteiger partial charge in [-0.3, -0.25) is 4.39 Å². The number of halogens is 3. The Labute approximate surface area is 164 Å². The van der Waals surface area contributed by atoms with Crippen LogP contribution in [0.5, 0.6) is 0 Å². The van der Waals surface area contributed by atoms with Gasteiger partial charge in [0.05, 0.1) is 6.67 Å². The Morgan fingerprint density at radius 3 is 1.00 bits per heavy atom. The molecule has 4 heteroatoms. The lowest BCUT2D eigenvalue weighted by Gasteiger charge is -2.11. The number of ether oxygens (including phenoxy) is 1. The van der Waals surface area contributed by atoms with Crippen LogP contribution in [-0.2, 0) is 4.74 Å². The van der Waals surface area contributed by atoms with E-state index in [0.29, 0.717) is 0 Å². The number of hydrogen-bond donors (Lipinski definition) is 0. The van der Waals surface area contributed by atoms with Gasteiger partial charge in [-0.1, -0.05) is 107 Å². The second-order valence-corrected chi connectivity index (χ2v) is 3.12. The summed E-state index contributed by atoms with van der Waals surface area (Å²) < 4.78 is 38.0. The van der Waals surface area contributed by atoms with Crippen molar-refractivity contribution in [3.8, 4) is 0 Å². The molecule has 0 aliphatic heterocycles. The maximum absolute atomic E-state index is 12.0. The second-order valence-electron chi connectivity index (χ2n) is 3.12. The van der Waals surface area contributed by atoms with Crippen molar-refractivity contribution >= 4 is 0 Å². The highest BCUT2D eigenvalue weighted by Gasteiger charge is 2.28. The van der Waals surface area contributed by atoms with Crippen LogP contribution >= 0.6 is 0 Å². The first-order valence-electron chi connectivity index (χ1n) is 5.48. The van der Waals surface area contributed by atoms with Gasteiger partial charge in [-0.2, -0.15) is 8.78 Å². The summed E-state index contributed by atoms with van der Waals surface area (Å²) in [6.07, 6.45) is 0.924. The van der Waals surface area contributed by atoms with Crippen molar-refractivity contribution in [3.05, 3.63) is 12.2 Å². The maximum atomic E-state index is 12.0. The van der Waals surface area contributed by atoms with Crippen molar-refractivity contribution in [1.29, 1.82) is 0 Å². The number of methoxy groups -OCH3 is 1. The molecule has 25 heavy (non-hydrogen) atoms. The Bertz CT molecular complexity index is 148. The number of unbranched alkanes of at least 4 members (excludes halogenated alkanes) is 2. The van der Waals surface area contributed by atoms with E-state index in [1.54, 1.807) is 0 Å². The SMILES string of the molecule is C.C.C.C.C.C.C.C.C.C=C(C)C(F)(F)OC.CCCCC.CCF. The lowest BCUT2D eigenvalue weighted by Crippen LogP contribution is -2.18. The van der Waals surface area contributed by atoms with E-state index in [1.807, 2.05) is 0 Å². The van der Waals surface area contributed by atoms with E-state index in [-0.39, 0.29) is 79.1 Å². The molecule has 0 saturated heterocycles. The molecule has 0 aromatic heterocycles. The van der Waals surface area contributed by atoms with Crippen molar-refractivity contribution in [2.45, 2.75) is 120 Å². The van der Waals surface area contributed by atoms with Gasteiger partial charge in [0.2, 0.25) is 0 Å². The first-order chi connectivity index (χ1) is 7.33. The van der Waals surface area contributed by atoms with Gasteiger partial charge in [-0.25, -0.2) is 0 Å². The molecule has 0 aromatic rings. The van der Waals surface area contributed by atoms with Crippen LogP contribution in [0.3, 0.4) is 0 Å². The molecule has 0 unspecified atom stereocenters. The van der Waals surface area contributed by atoms with Crippen molar-refractivity contribution in [2.75, 3.05) is 13.8 Å². The predicted octanol–water partition coefficient (Wildman–Crippen LogP) is 10.7. The topological polar surface area (TPSA) is 9.23 Å². The Balaban J connectivity index is -0.00000000913. The third-order valence-corrected chi connectivity index (χ3v) is 1.46. The standard InChI is InChI=1S/C5H8F2O.C5H12.C2H5F.9CH4/c1-4(2)5(6,7)8-3;1-3-5-4-2;1-2-3;;;;;;;;;/h1H2,2-3H3;3-5H2,1-2H3;2H2,1H3;9*1H4. The lowest BCUT2D eigenvalue weighted by atomic mass is 10.3. The quantitative estimate of drug-likeness (QED) is 0.436. The van der Waals surface area contributed by atoms with Gasteiger partial charge >= 0.3 is 6.11 Å². The Hall–Kier alpha value is -0.510. The van der Waals surface area contributed by atoms with Crippen molar-refractivity contribution in [1.82, 2.24) is 0 Å². The molecule has 172 valence electrons. The summed E-state index contributed by atoms with van der Waals surface area (Å²) in [7, 11) is 0.939. The molecule has 0 radical (unpaired) electrons. The molecule has 0 bridgehead atoms. The molecule has 0 aromatic carbocycles. The summed E-state index contributed by atoms with van der Waals surface area (Å²) in [5.74, 6) is 0. The second kappa shape index (κ2) is 65.3. The van der Waals surface area contributed by atoms with Crippen molar-refractivity contribution < 1.29 is 17.9 Å². The fourth-order valence-electron chi connectivity index (χ4n) is 0.528. The fourth-order valence-corrected chi connectivity index (χ4v) is 0.528. The smallest absolute Gasteiger partial charge is 0.320 e. The Morgan fingerprint density at radius 1 is 0.800 bits per heavy atom. The molecule has 0 fully saturated rings. The van der Waals surface area contributed by atoms with Crippen LogP contribution in [0.4, 0.5) is 13.2 Å². The Kier molecular flexibility index (Phi) is 226. The third kappa shape index (κ3) is 98.6. The number of hydrogen-bond acceptors (Lipinski definition) is 1. The molecule has 0 aliphatic carbocycles. The summed E-state index contributed by atoms with van der Waals surface area (Å²) >= 11 is 0. The average molecular weight is 387 g/mol. The molecule has 0 atom stereocenters. The highest BCUT2D eigenvalue weighted by Crippen LogP contribution is 2.21. The van der Waals surface area contributed by atoms with Crippen molar-refractivity contribution in [3.63, 3.8) is 0 Å². The molecule has 0 rings (SSSR count). The van der Waals surface area contributed by atoms with E-state index in [1.165, 1.54) is 33.1 Å². The first kappa shape index (κ1) is 86.6. The fraction of sp³-hybridized carbons (Fsp3) is 0.905. The number of rotatable bonds is 4. The minimum Gasteiger partial charge on any atom is -0.320 e.